The second-order valence-electron chi connectivity index (χ2n) is 7.76. The number of amides is 2. The minimum atomic E-state index is -0.678. The van der Waals surface area contributed by atoms with E-state index in [0.717, 1.165) is 16.0 Å². The zero-order valence-electron chi connectivity index (χ0n) is 15.7. The average molecular weight is 400 g/mol. The summed E-state index contributed by atoms with van der Waals surface area (Å²) < 4.78 is 0. The van der Waals surface area contributed by atoms with E-state index in [9.17, 15) is 14.7 Å². The highest BCUT2D eigenvalue weighted by Crippen LogP contribution is 2.45. The third-order valence-corrected chi connectivity index (χ3v) is 7.18. The molecule has 2 aliphatic rings. The van der Waals surface area contributed by atoms with E-state index >= 15 is 0 Å². The van der Waals surface area contributed by atoms with Gasteiger partial charge in [-0.15, -0.1) is 11.3 Å². The van der Waals surface area contributed by atoms with Gasteiger partial charge in [-0.05, 0) is 36.8 Å². The van der Waals surface area contributed by atoms with Gasteiger partial charge in [-0.1, -0.05) is 30.3 Å². The number of hydrogen-bond acceptors (Lipinski definition) is 5. The van der Waals surface area contributed by atoms with Crippen molar-refractivity contribution in [3.8, 4) is 0 Å². The molecule has 5 N–H and O–H groups in total. The lowest BCUT2D eigenvalue weighted by molar-refractivity contribution is -0.140. The van der Waals surface area contributed by atoms with E-state index in [1.54, 1.807) is 0 Å². The first kappa shape index (κ1) is 19.0. The van der Waals surface area contributed by atoms with Gasteiger partial charge in [0.2, 0.25) is 5.91 Å². The van der Waals surface area contributed by atoms with Crippen LogP contribution >= 0.6 is 11.3 Å². The number of likely N-dealkylation sites (tertiary alicyclic amines) is 1. The molecule has 4 rings (SSSR count). The van der Waals surface area contributed by atoms with Crippen LogP contribution in [0.4, 0.5) is 5.00 Å². The van der Waals surface area contributed by atoms with Crippen molar-refractivity contribution in [3.63, 3.8) is 0 Å². The van der Waals surface area contributed by atoms with Crippen molar-refractivity contribution in [1.82, 2.24) is 4.90 Å². The van der Waals surface area contributed by atoms with Crippen LogP contribution < -0.4 is 11.5 Å². The molecule has 1 aromatic heterocycles. The number of carbonyl (C=O) groups is 2. The van der Waals surface area contributed by atoms with Gasteiger partial charge in [-0.25, -0.2) is 0 Å². The van der Waals surface area contributed by atoms with Crippen LogP contribution in [-0.2, 0) is 23.1 Å². The summed E-state index contributed by atoms with van der Waals surface area (Å²) in [6.07, 6.45) is 2.62. The van der Waals surface area contributed by atoms with Crippen LogP contribution in [0.1, 0.15) is 45.6 Å². The normalized spacial score (nSPS) is 22.7. The number of nitrogen functional groups attached to an aromatic ring is 1. The summed E-state index contributed by atoms with van der Waals surface area (Å²) in [4.78, 5) is 28.5. The Balaban J connectivity index is 1.75. The van der Waals surface area contributed by atoms with E-state index in [0.29, 0.717) is 55.8 Å². The van der Waals surface area contributed by atoms with Crippen molar-refractivity contribution in [3.05, 3.63) is 51.9 Å². The Morgan fingerprint density at radius 3 is 2.50 bits per heavy atom. The maximum absolute atomic E-state index is 13.7. The van der Waals surface area contributed by atoms with E-state index in [2.05, 4.69) is 0 Å². The fourth-order valence-electron chi connectivity index (χ4n) is 4.59. The number of rotatable bonds is 3. The van der Waals surface area contributed by atoms with Gasteiger partial charge in [0, 0.05) is 24.4 Å². The van der Waals surface area contributed by atoms with Crippen LogP contribution in [0.3, 0.4) is 0 Å². The summed E-state index contributed by atoms with van der Waals surface area (Å²) in [6, 6.07) is 9.87. The molecule has 0 bridgehead atoms. The molecular weight excluding hydrogens is 374 g/mol. The SMILES string of the molecule is NC(=O)c1c(N)sc2c1CCC(C(=O)N1CCC(O)CC1)(c1ccccc1)C2. The number of primary amides is 1. The number of nitrogens with zero attached hydrogens (tertiary/aromatic N) is 1. The number of hydrogen-bond donors (Lipinski definition) is 3. The van der Waals surface area contributed by atoms with E-state index < -0.39 is 11.3 Å². The highest BCUT2D eigenvalue weighted by Gasteiger charge is 2.47. The van der Waals surface area contributed by atoms with Gasteiger partial charge < -0.3 is 21.5 Å². The Kier molecular flexibility index (Phi) is 4.89. The van der Waals surface area contributed by atoms with Crippen LogP contribution in [0, 0.1) is 0 Å². The van der Waals surface area contributed by atoms with Gasteiger partial charge in [-0.3, -0.25) is 9.59 Å². The quantitative estimate of drug-likeness (QED) is 0.731. The number of benzene rings is 1. The monoisotopic (exact) mass is 399 g/mol. The topological polar surface area (TPSA) is 110 Å². The number of nitrogens with two attached hydrogens (primary N) is 2. The fourth-order valence-corrected chi connectivity index (χ4v) is 5.83. The average Bonchev–Trinajstić information content (AvgIpc) is 3.03. The van der Waals surface area contributed by atoms with Gasteiger partial charge in [0.25, 0.3) is 5.91 Å². The molecule has 1 fully saturated rings. The highest BCUT2D eigenvalue weighted by molar-refractivity contribution is 7.16. The van der Waals surface area contributed by atoms with Gasteiger partial charge in [0.1, 0.15) is 0 Å². The van der Waals surface area contributed by atoms with Crippen molar-refractivity contribution in [2.24, 2.45) is 5.73 Å². The molecule has 0 radical (unpaired) electrons. The Morgan fingerprint density at radius 2 is 1.86 bits per heavy atom. The summed E-state index contributed by atoms with van der Waals surface area (Å²) in [5, 5.41) is 10.3. The first-order valence-electron chi connectivity index (χ1n) is 9.65. The lowest BCUT2D eigenvalue weighted by Gasteiger charge is -2.42. The van der Waals surface area contributed by atoms with Crippen molar-refractivity contribution in [2.75, 3.05) is 18.8 Å². The zero-order valence-corrected chi connectivity index (χ0v) is 16.5. The first-order valence-corrected chi connectivity index (χ1v) is 10.5. The number of piperidine rings is 1. The molecule has 28 heavy (non-hydrogen) atoms. The molecule has 1 aliphatic heterocycles. The molecule has 1 unspecified atom stereocenters. The van der Waals surface area contributed by atoms with E-state index in [1.165, 1.54) is 11.3 Å². The molecule has 7 heteroatoms. The molecule has 0 saturated carbocycles. The molecule has 6 nitrogen and oxygen atoms in total. The number of anilines is 1. The summed E-state index contributed by atoms with van der Waals surface area (Å²) >= 11 is 1.37. The minimum absolute atomic E-state index is 0.101. The number of carbonyl (C=O) groups excluding carboxylic acids is 2. The number of aliphatic hydroxyl groups is 1. The van der Waals surface area contributed by atoms with Crippen molar-refractivity contribution in [2.45, 2.75) is 43.6 Å². The van der Waals surface area contributed by atoms with Crippen molar-refractivity contribution >= 4 is 28.2 Å². The van der Waals surface area contributed by atoms with E-state index in [-0.39, 0.29) is 12.0 Å². The number of thiophene rings is 1. The molecule has 1 atom stereocenters. The Morgan fingerprint density at radius 1 is 1.18 bits per heavy atom. The molecule has 2 heterocycles. The second kappa shape index (κ2) is 7.22. The van der Waals surface area contributed by atoms with Crippen LogP contribution in [0.5, 0.6) is 0 Å². The van der Waals surface area contributed by atoms with Crippen LogP contribution in [0.25, 0.3) is 0 Å². The van der Waals surface area contributed by atoms with Crippen LogP contribution in [0.15, 0.2) is 30.3 Å². The summed E-state index contributed by atoms with van der Waals surface area (Å²) in [6.45, 7) is 1.14. The third-order valence-electron chi connectivity index (χ3n) is 6.12. The minimum Gasteiger partial charge on any atom is -0.393 e. The molecule has 2 amide bonds. The van der Waals surface area contributed by atoms with Gasteiger partial charge in [-0.2, -0.15) is 0 Å². The van der Waals surface area contributed by atoms with Crippen LogP contribution in [-0.4, -0.2) is 41.0 Å². The largest absolute Gasteiger partial charge is 0.393 e. The maximum atomic E-state index is 13.7. The summed E-state index contributed by atoms with van der Waals surface area (Å²) in [7, 11) is 0. The van der Waals surface area contributed by atoms with Crippen molar-refractivity contribution in [1.29, 1.82) is 0 Å². The smallest absolute Gasteiger partial charge is 0.251 e. The Bertz CT molecular complexity index is 903. The fraction of sp³-hybridized carbons (Fsp3) is 0.429. The van der Waals surface area contributed by atoms with Crippen LogP contribution in [0.2, 0.25) is 0 Å². The van der Waals surface area contributed by atoms with Gasteiger partial charge in [0.15, 0.2) is 0 Å². The Labute approximate surface area is 168 Å². The summed E-state index contributed by atoms with van der Waals surface area (Å²) in [5.41, 5.74) is 13.3. The molecular formula is C21H25N3O3S. The highest BCUT2D eigenvalue weighted by atomic mass is 32.1. The third kappa shape index (κ3) is 3.08. The molecule has 1 aromatic carbocycles. The number of fused-ring (bicyclic) bond motifs is 1. The predicted octanol–water partition coefficient (Wildman–Crippen LogP) is 1.84. The lowest BCUT2D eigenvalue weighted by Crippen LogP contribution is -2.52. The lowest BCUT2D eigenvalue weighted by atomic mass is 9.68. The summed E-state index contributed by atoms with van der Waals surface area (Å²) in [5.74, 6) is -0.401. The van der Waals surface area contributed by atoms with E-state index in [1.807, 2.05) is 35.2 Å². The molecule has 1 aliphatic carbocycles. The number of aliphatic hydroxyl groups excluding tert-OH is 1. The van der Waals surface area contributed by atoms with Gasteiger partial charge in [0.05, 0.1) is 22.1 Å². The standard InChI is InChI=1S/C21H25N3O3S/c22-18(26)17-15-6-9-21(12-16(15)28-19(17)23,13-4-2-1-3-5-13)20(27)24-10-7-14(25)8-11-24/h1-5,14,25H,6-12,23H2,(H2,22,26). The maximum Gasteiger partial charge on any atom is 0.251 e. The molecule has 148 valence electrons. The predicted molar refractivity (Wildman–Crippen MR) is 109 cm³/mol. The molecule has 0 spiro atoms. The first-order chi connectivity index (χ1) is 13.4. The van der Waals surface area contributed by atoms with E-state index in [4.69, 9.17) is 11.5 Å². The van der Waals surface area contributed by atoms with Gasteiger partial charge >= 0.3 is 0 Å². The molecule has 1 saturated heterocycles. The second-order valence-corrected chi connectivity index (χ2v) is 8.89. The molecule has 2 aromatic rings. The van der Waals surface area contributed by atoms with Crippen molar-refractivity contribution < 1.29 is 14.7 Å². The zero-order chi connectivity index (χ0) is 19.9. The Hall–Kier alpha value is -2.38.